The first-order valence-corrected chi connectivity index (χ1v) is 9.44. The Morgan fingerprint density at radius 2 is 1.97 bits per heavy atom. The van der Waals surface area contributed by atoms with E-state index >= 15 is 0 Å². The zero-order valence-corrected chi connectivity index (χ0v) is 16.1. The number of alkyl halides is 3. The number of likely N-dealkylation sites (tertiary alicyclic amines) is 1. The van der Waals surface area contributed by atoms with E-state index in [4.69, 9.17) is 14.6 Å². The van der Waals surface area contributed by atoms with Crippen LogP contribution in [-0.4, -0.2) is 73.7 Å². The predicted molar refractivity (Wildman–Crippen MR) is 99.5 cm³/mol. The molecule has 4 heterocycles. The first-order valence-electron chi connectivity index (χ1n) is 9.44. The number of hydrogen-bond acceptors (Lipinski definition) is 7. The number of carboxylic acid groups (broad SMARTS) is 1. The van der Waals surface area contributed by atoms with E-state index in [1.165, 1.54) is 5.69 Å². The third-order valence-corrected chi connectivity index (χ3v) is 5.07. The van der Waals surface area contributed by atoms with E-state index in [2.05, 4.69) is 30.4 Å². The minimum absolute atomic E-state index is 0.0247. The van der Waals surface area contributed by atoms with Crippen LogP contribution in [-0.2, 0) is 16.1 Å². The molecule has 2 aromatic rings. The van der Waals surface area contributed by atoms with E-state index in [0.717, 1.165) is 45.5 Å². The van der Waals surface area contributed by atoms with E-state index in [0.29, 0.717) is 12.0 Å². The second-order valence-corrected chi connectivity index (χ2v) is 7.27. The molecule has 0 aliphatic carbocycles. The molecule has 12 heteroatoms. The van der Waals surface area contributed by atoms with Crippen molar-refractivity contribution in [1.29, 1.82) is 0 Å². The second-order valence-electron chi connectivity index (χ2n) is 7.27. The zero-order chi connectivity index (χ0) is 21.6. The maximum atomic E-state index is 10.6. The summed E-state index contributed by atoms with van der Waals surface area (Å²) in [6, 6.07) is 4.17. The highest BCUT2D eigenvalue weighted by molar-refractivity contribution is 5.73. The lowest BCUT2D eigenvalue weighted by atomic mass is 9.87. The molecule has 2 aliphatic heterocycles. The van der Waals surface area contributed by atoms with Crippen LogP contribution < -0.4 is 5.32 Å². The number of aromatic amines is 1. The van der Waals surface area contributed by atoms with E-state index in [-0.39, 0.29) is 5.60 Å². The van der Waals surface area contributed by atoms with Gasteiger partial charge in [0, 0.05) is 43.9 Å². The Hall–Kier alpha value is -2.73. The number of ether oxygens (including phenoxy) is 1. The highest BCUT2D eigenvalue weighted by Gasteiger charge is 2.42. The number of nitrogens with one attached hydrogen (secondary N) is 2. The summed E-state index contributed by atoms with van der Waals surface area (Å²) >= 11 is 0. The fraction of sp³-hybridized carbons (Fsp3) is 0.556. The number of aromatic nitrogens is 4. The maximum Gasteiger partial charge on any atom is 0.490 e. The number of carboxylic acids is 1. The van der Waals surface area contributed by atoms with Gasteiger partial charge in [0.25, 0.3) is 0 Å². The first kappa shape index (κ1) is 22.0. The summed E-state index contributed by atoms with van der Waals surface area (Å²) in [7, 11) is 0. The molecule has 0 bridgehead atoms. The van der Waals surface area contributed by atoms with Crippen molar-refractivity contribution < 1.29 is 27.8 Å². The van der Waals surface area contributed by atoms with Gasteiger partial charge < -0.3 is 15.2 Å². The predicted octanol–water partition coefficient (Wildman–Crippen LogP) is 2.07. The van der Waals surface area contributed by atoms with Gasteiger partial charge in [-0.2, -0.15) is 18.3 Å². The molecule has 0 saturated carbocycles. The number of piperidine rings is 1. The summed E-state index contributed by atoms with van der Waals surface area (Å²) in [6.07, 6.45) is 3.43. The Morgan fingerprint density at radius 1 is 1.30 bits per heavy atom. The number of halogens is 3. The largest absolute Gasteiger partial charge is 0.490 e. The molecule has 2 fully saturated rings. The molecule has 2 aliphatic rings. The number of H-pyrrole nitrogens is 1. The first-order chi connectivity index (χ1) is 14.3. The molecule has 0 aromatic carbocycles. The highest BCUT2D eigenvalue weighted by Crippen LogP contribution is 2.36. The molecule has 2 saturated heterocycles. The summed E-state index contributed by atoms with van der Waals surface area (Å²) in [5, 5.41) is 17.6. The average molecular weight is 428 g/mol. The van der Waals surface area contributed by atoms with Gasteiger partial charge in [0.15, 0.2) is 0 Å². The summed E-state index contributed by atoms with van der Waals surface area (Å²) in [5.41, 5.74) is 1.20. The van der Waals surface area contributed by atoms with Crippen molar-refractivity contribution in [1.82, 2.24) is 25.1 Å². The molecule has 2 aromatic heterocycles. The third-order valence-electron chi connectivity index (χ3n) is 5.07. The molecule has 0 amide bonds. The molecule has 4 rings (SSSR count). The standard InChI is InChI=1S/C16H22N6O.C2HF3O2/c1-5-17-15(18-6-1)20-14-10-16(23-12-14)3-8-22(9-4-16)11-13-2-7-19-21-13;3-2(4,5)1(6)7/h1-2,5-7,14H,3-4,8-12H2,(H,19,21)(H,17,18,20);(H,6,7). The minimum Gasteiger partial charge on any atom is -0.475 e. The fourth-order valence-corrected chi connectivity index (χ4v) is 3.57. The molecule has 3 N–H and O–H groups in total. The number of carbonyl (C=O) groups is 1. The number of aliphatic carboxylic acids is 1. The molecule has 1 unspecified atom stereocenters. The smallest absolute Gasteiger partial charge is 0.475 e. The number of nitrogens with zero attached hydrogens (tertiary/aromatic N) is 4. The summed E-state index contributed by atoms with van der Waals surface area (Å²) < 4.78 is 37.9. The lowest BCUT2D eigenvalue weighted by Gasteiger charge is -2.38. The molecule has 30 heavy (non-hydrogen) atoms. The Balaban J connectivity index is 0.000000318. The van der Waals surface area contributed by atoms with Crippen molar-refractivity contribution in [3.05, 3.63) is 36.4 Å². The van der Waals surface area contributed by atoms with Crippen LogP contribution in [0, 0.1) is 0 Å². The van der Waals surface area contributed by atoms with Crippen molar-refractivity contribution >= 4 is 11.9 Å². The van der Waals surface area contributed by atoms with Crippen LogP contribution in [0.5, 0.6) is 0 Å². The Morgan fingerprint density at radius 3 is 2.53 bits per heavy atom. The van der Waals surface area contributed by atoms with Crippen LogP contribution in [0.15, 0.2) is 30.7 Å². The van der Waals surface area contributed by atoms with Gasteiger partial charge in [-0.1, -0.05) is 0 Å². The van der Waals surface area contributed by atoms with Gasteiger partial charge in [-0.25, -0.2) is 14.8 Å². The molecule has 1 spiro atoms. The van der Waals surface area contributed by atoms with Crippen LogP contribution >= 0.6 is 0 Å². The highest BCUT2D eigenvalue weighted by atomic mass is 19.4. The van der Waals surface area contributed by atoms with E-state index in [9.17, 15) is 13.2 Å². The molecule has 9 nitrogen and oxygen atoms in total. The summed E-state index contributed by atoms with van der Waals surface area (Å²) in [6.45, 7) is 3.80. The van der Waals surface area contributed by atoms with Crippen LogP contribution in [0.2, 0.25) is 0 Å². The Bertz CT molecular complexity index is 795. The van der Waals surface area contributed by atoms with E-state index < -0.39 is 12.1 Å². The SMILES string of the molecule is O=C(O)C(F)(F)F.c1cnc(NC2COC3(CCN(Cc4ccn[nH]4)CC3)C2)nc1. The lowest BCUT2D eigenvalue weighted by Crippen LogP contribution is -2.44. The van der Waals surface area contributed by atoms with Crippen LogP contribution in [0.4, 0.5) is 19.1 Å². The van der Waals surface area contributed by atoms with Crippen molar-refractivity contribution in [3.8, 4) is 0 Å². The van der Waals surface area contributed by atoms with Crippen LogP contribution in [0.25, 0.3) is 0 Å². The number of hydrogen-bond donors (Lipinski definition) is 3. The van der Waals surface area contributed by atoms with Crippen molar-refractivity contribution in [3.63, 3.8) is 0 Å². The van der Waals surface area contributed by atoms with E-state index in [1.54, 1.807) is 12.4 Å². The Kier molecular flexibility index (Phi) is 6.87. The van der Waals surface area contributed by atoms with Gasteiger partial charge >= 0.3 is 12.1 Å². The Labute approximate surface area is 170 Å². The van der Waals surface area contributed by atoms with Gasteiger partial charge in [0.05, 0.1) is 18.2 Å². The van der Waals surface area contributed by atoms with Gasteiger partial charge in [-0.15, -0.1) is 0 Å². The summed E-state index contributed by atoms with van der Waals surface area (Å²) in [4.78, 5) is 19.8. The minimum atomic E-state index is -5.08. The lowest BCUT2D eigenvalue weighted by molar-refractivity contribution is -0.192. The molecule has 0 radical (unpaired) electrons. The fourth-order valence-electron chi connectivity index (χ4n) is 3.57. The quantitative estimate of drug-likeness (QED) is 0.678. The maximum absolute atomic E-state index is 10.6. The number of anilines is 1. The van der Waals surface area contributed by atoms with Crippen molar-refractivity contribution in [2.24, 2.45) is 0 Å². The second kappa shape index (κ2) is 9.39. The molecule has 1 atom stereocenters. The van der Waals surface area contributed by atoms with Gasteiger partial charge in [-0.05, 0) is 31.4 Å². The van der Waals surface area contributed by atoms with Gasteiger partial charge in [-0.3, -0.25) is 10.00 Å². The third kappa shape index (κ3) is 6.13. The topological polar surface area (TPSA) is 116 Å². The zero-order valence-electron chi connectivity index (χ0n) is 16.1. The number of rotatable bonds is 4. The average Bonchev–Trinajstić information content (AvgIpc) is 3.35. The summed E-state index contributed by atoms with van der Waals surface area (Å²) in [5.74, 6) is -2.07. The normalized spacial score (nSPS) is 21.1. The molecular weight excluding hydrogens is 405 g/mol. The molecule has 164 valence electrons. The van der Waals surface area contributed by atoms with Gasteiger partial charge in [0.2, 0.25) is 5.95 Å². The van der Waals surface area contributed by atoms with Gasteiger partial charge in [0.1, 0.15) is 0 Å². The van der Waals surface area contributed by atoms with E-state index in [1.807, 2.05) is 18.3 Å². The van der Waals surface area contributed by atoms with Crippen molar-refractivity contribution in [2.45, 2.75) is 43.6 Å². The van der Waals surface area contributed by atoms with Crippen LogP contribution in [0.3, 0.4) is 0 Å². The molecular formula is C18H23F3N6O3. The van der Waals surface area contributed by atoms with Crippen LogP contribution in [0.1, 0.15) is 25.0 Å². The van der Waals surface area contributed by atoms with Crippen molar-refractivity contribution in [2.75, 3.05) is 25.0 Å². The monoisotopic (exact) mass is 428 g/mol.